The molecule has 22 heavy (non-hydrogen) atoms. The Morgan fingerprint density at radius 1 is 0.955 bits per heavy atom. The fourth-order valence-corrected chi connectivity index (χ4v) is 2.44. The van der Waals surface area contributed by atoms with Gasteiger partial charge in [-0.3, -0.25) is 4.90 Å². The minimum Gasteiger partial charge on any atom is -0.399 e. The summed E-state index contributed by atoms with van der Waals surface area (Å²) in [7, 11) is 0. The van der Waals surface area contributed by atoms with Crippen LogP contribution < -0.4 is 5.73 Å². The Bertz CT molecular complexity index is 543. The van der Waals surface area contributed by atoms with Gasteiger partial charge in [-0.25, -0.2) is 0 Å². The van der Waals surface area contributed by atoms with Crippen LogP contribution in [0.25, 0.3) is 0 Å². The molecule has 0 radical (unpaired) electrons. The van der Waals surface area contributed by atoms with E-state index in [1.807, 2.05) is 30.3 Å². The van der Waals surface area contributed by atoms with E-state index in [1.54, 1.807) is 12.1 Å². The molecule has 118 valence electrons. The van der Waals surface area contributed by atoms with Crippen LogP contribution in [0.4, 0.5) is 5.69 Å². The Kier molecular flexibility index (Phi) is 6.40. The van der Waals surface area contributed by atoms with E-state index in [2.05, 4.69) is 17.0 Å². The van der Waals surface area contributed by atoms with Gasteiger partial charge in [-0.15, -0.1) is 0 Å². The summed E-state index contributed by atoms with van der Waals surface area (Å²) in [4.78, 5) is 2.15. The second-order valence-corrected chi connectivity index (χ2v) is 5.46. The summed E-state index contributed by atoms with van der Waals surface area (Å²) in [5, 5.41) is 19.5. The molecule has 0 spiro atoms. The van der Waals surface area contributed by atoms with Crippen molar-refractivity contribution in [2.24, 2.45) is 0 Å². The monoisotopic (exact) mass is 300 g/mol. The van der Waals surface area contributed by atoms with E-state index in [0.717, 1.165) is 18.7 Å². The Balaban J connectivity index is 1.89. The maximum absolute atomic E-state index is 10.3. The molecule has 1 unspecified atom stereocenters. The third kappa shape index (κ3) is 5.15. The minimum absolute atomic E-state index is 0.116. The molecule has 2 rings (SSSR count). The van der Waals surface area contributed by atoms with Crippen molar-refractivity contribution in [1.82, 2.24) is 4.90 Å². The summed E-state index contributed by atoms with van der Waals surface area (Å²) in [6.45, 7) is 2.21. The van der Waals surface area contributed by atoms with Crippen molar-refractivity contribution >= 4 is 5.69 Å². The van der Waals surface area contributed by atoms with Crippen LogP contribution in [-0.2, 0) is 6.54 Å². The van der Waals surface area contributed by atoms with Gasteiger partial charge in [-0.2, -0.15) is 0 Å². The van der Waals surface area contributed by atoms with Crippen molar-refractivity contribution in [2.75, 3.05) is 25.4 Å². The van der Waals surface area contributed by atoms with Crippen LogP contribution in [0.15, 0.2) is 54.6 Å². The van der Waals surface area contributed by atoms with Crippen molar-refractivity contribution in [3.8, 4) is 0 Å². The Morgan fingerprint density at radius 3 is 2.27 bits per heavy atom. The smallest absolute Gasteiger partial charge is 0.0802 e. The third-order valence-electron chi connectivity index (χ3n) is 3.71. The first-order chi connectivity index (χ1) is 10.7. The van der Waals surface area contributed by atoms with Crippen LogP contribution in [0.3, 0.4) is 0 Å². The number of nitrogens with two attached hydrogens (primary N) is 1. The third-order valence-corrected chi connectivity index (χ3v) is 3.71. The molecule has 0 aromatic heterocycles. The van der Waals surface area contributed by atoms with E-state index in [9.17, 15) is 10.2 Å². The zero-order chi connectivity index (χ0) is 15.8. The molecule has 0 heterocycles. The highest BCUT2D eigenvalue weighted by molar-refractivity contribution is 5.39. The quantitative estimate of drug-likeness (QED) is 0.654. The van der Waals surface area contributed by atoms with Gasteiger partial charge in [0.1, 0.15) is 0 Å². The van der Waals surface area contributed by atoms with E-state index in [4.69, 9.17) is 5.73 Å². The van der Waals surface area contributed by atoms with Crippen LogP contribution >= 0.6 is 0 Å². The lowest BCUT2D eigenvalue weighted by Crippen LogP contribution is -2.28. The van der Waals surface area contributed by atoms with Crippen LogP contribution in [0.5, 0.6) is 0 Å². The summed E-state index contributed by atoms with van der Waals surface area (Å²) in [5.74, 6) is 0. The molecule has 0 amide bonds. The van der Waals surface area contributed by atoms with E-state index < -0.39 is 6.10 Å². The Morgan fingerprint density at radius 2 is 1.64 bits per heavy atom. The molecule has 0 fully saturated rings. The van der Waals surface area contributed by atoms with Crippen molar-refractivity contribution < 1.29 is 10.2 Å². The van der Waals surface area contributed by atoms with Gasteiger partial charge in [0.05, 0.1) is 12.7 Å². The lowest BCUT2D eigenvalue weighted by molar-refractivity contribution is 0.128. The fourth-order valence-electron chi connectivity index (χ4n) is 2.44. The lowest BCUT2D eigenvalue weighted by Gasteiger charge is -2.23. The van der Waals surface area contributed by atoms with Gasteiger partial charge in [0.15, 0.2) is 0 Å². The van der Waals surface area contributed by atoms with E-state index >= 15 is 0 Å². The lowest BCUT2D eigenvalue weighted by atomic mass is 10.1. The molecule has 4 heteroatoms. The molecule has 2 aromatic carbocycles. The standard InChI is InChI=1S/C18H24N2O2/c19-17-8-6-16(7-9-17)18(22)10-11-20(12-13-21)14-15-4-2-1-3-5-15/h1-9,18,21-22H,10-14,19H2. The fraction of sp³-hybridized carbons (Fsp3) is 0.333. The average molecular weight is 300 g/mol. The maximum Gasteiger partial charge on any atom is 0.0802 e. The summed E-state index contributed by atoms with van der Waals surface area (Å²) in [6, 6.07) is 17.5. The van der Waals surface area contributed by atoms with Gasteiger partial charge in [0, 0.05) is 25.3 Å². The van der Waals surface area contributed by atoms with Crippen LogP contribution in [0.2, 0.25) is 0 Å². The SMILES string of the molecule is Nc1ccc(C(O)CCN(CCO)Cc2ccccc2)cc1. The van der Waals surface area contributed by atoms with Crippen LogP contribution in [0.1, 0.15) is 23.7 Å². The molecule has 0 saturated carbocycles. The second-order valence-electron chi connectivity index (χ2n) is 5.46. The Hall–Kier alpha value is -1.88. The minimum atomic E-state index is -0.516. The van der Waals surface area contributed by atoms with E-state index in [1.165, 1.54) is 5.56 Å². The zero-order valence-electron chi connectivity index (χ0n) is 12.7. The van der Waals surface area contributed by atoms with Gasteiger partial charge in [-0.05, 0) is 29.7 Å². The van der Waals surface area contributed by atoms with Crippen molar-refractivity contribution in [3.05, 3.63) is 65.7 Å². The number of anilines is 1. The molecule has 0 saturated heterocycles. The number of hydrogen-bond donors (Lipinski definition) is 3. The van der Waals surface area contributed by atoms with Gasteiger partial charge in [-0.1, -0.05) is 42.5 Å². The van der Waals surface area contributed by atoms with Gasteiger partial charge < -0.3 is 15.9 Å². The van der Waals surface area contributed by atoms with Crippen molar-refractivity contribution in [2.45, 2.75) is 19.1 Å². The highest BCUT2D eigenvalue weighted by Gasteiger charge is 2.11. The summed E-state index contributed by atoms with van der Waals surface area (Å²) in [6.07, 6.45) is 0.106. The summed E-state index contributed by atoms with van der Waals surface area (Å²) >= 11 is 0. The second kappa shape index (κ2) is 8.54. The first-order valence-electron chi connectivity index (χ1n) is 7.59. The Labute approximate surface area is 131 Å². The normalized spacial score (nSPS) is 12.5. The van der Waals surface area contributed by atoms with E-state index in [0.29, 0.717) is 18.7 Å². The average Bonchev–Trinajstić information content (AvgIpc) is 2.54. The summed E-state index contributed by atoms with van der Waals surface area (Å²) in [5.41, 5.74) is 8.43. The molecule has 1 atom stereocenters. The molecule has 0 aliphatic carbocycles. The number of hydrogen-bond acceptors (Lipinski definition) is 4. The predicted octanol–water partition coefficient (Wildman–Crippen LogP) is 2.19. The first-order valence-corrected chi connectivity index (χ1v) is 7.59. The number of rotatable bonds is 8. The van der Waals surface area contributed by atoms with Crippen molar-refractivity contribution in [3.63, 3.8) is 0 Å². The number of aliphatic hydroxyl groups excluding tert-OH is 2. The van der Waals surface area contributed by atoms with Crippen LogP contribution in [-0.4, -0.2) is 34.8 Å². The van der Waals surface area contributed by atoms with E-state index in [-0.39, 0.29) is 6.61 Å². The topological polar surface area (TPSA) is 69.7 Å². The van der Waals surface area contributed by atoms with Gasteiger partial charge in [0.2, 0.25) is 0 Å². The number of nitrogens with zero attached hydrogens (tertiary/aromatic N) is 1. The molecule has 0 aliphatic heterocycles. The number of nitrogen functional groups attached to an aromatic ring is 1. The molecule has 2 aromatic rings. The molecular weight excluding hydrogens is 276 g/mol. The molecule has 0 aliphatic rings. The molecule has 0 bridgehead atoms. The van der Waals surface area contributed by atoms with Gasteiger partial charge >= 0.3 is 0 Å². The maximum atomic E-state index is 10.3. The largest absolute Gasteiger partial charge is 0.399 e. The number of benzene rings is 2. The molecule has 4 N–H and O–H groups in total. The molecule has 4 nitrogen and oxygen atoms in total. The first kappa shape index (κ1) is 16.5. The highest BCUT2D eigenvalue weighted by atomic mass is 16.3. The number of aliphatic hydroxyl groups is 2. The molecular formula is C18H24N2O2. The summed E-state index contributed by atoms with van der Waals surface area (Å²) < 4.78 is 0. The highest BCUT2D eigenvalue weighted by Crippen LogP contribution is 2.18. The zero-order valence-corrected chi connectivity index (χ0v) is 12.7. The van der Waals surface area contributed by atoms with Crippen LogP contribution in [0, 0.1) is 0 Å². The van der Waals surface area contributed by atoms with Crippen molar-refractivity contribution in [1.29, 1.82) is 0 Å². The van der Waals surface area contributed by atoms with Gasteiger partial charge in [0.25, 0.3) is 0 Å². The predicted molar refractivity (Wildman–Crippen MR) is 89.2 cm³/mol.